The molecule has 18 heavy (non-hydrogen) atoms. The second kappa shape index (κ2) is 5.35. The monoisotopic (exact) mass is 307 g/mol. The van der Waals surface area contributed by atoms with Crippen molar-refractivity contribution in [2.45, 2.75) is 19.9 Å². The zero-order valence-electron chi connectivity index (χ0n) is 10.2. The molecular formula is C13H14BrN3O. The Kier molecular flexibility index (Phi) is 3.81. The number of amides is 1. The van der Waals surface area contributed by atoms with Gasteiger partial charge in [-0.3, -0.25) is 9.48 Å². The topological polar surface area (TPSA) is 46.9 Å². The maximum absolute atomic E-state index is 12.0. The van der Waals surface area contributed by atoms with Gasteiger partial charge in [0.05, 0.1) is 0 Å². The number of hydrogen-bond acceptors (Lipinski definition) is 2. The van der Waals surface area contributed by atoms with E-state index in [2.05, 4.69) is 26.3 Å². The molecule has 1 N–H and O–H groups in total. The van der Waals surface area contributed by atoms with E-state index in [1.165, 1.54) is 0 Å². The van der Waals surface area contributed by atoms with Crippen LogP contribution in [0.3, 0.4) is 0 Å². The molecule has 2 aromatic rings. The Morgan fingerprint density at radius 2 is 2.28 bits per heavy atom. The minimum atomic E-state index is -0.330. The summed E-state index contributed by atoms with van der Waals surface area (Å²) < 4.78 is 2.65. The summed E-state index contributed by atoms with van der Waals surface area (Å²) in [6.45, 7) is 3.80. The minimum absolute atomic E-state index is 0.0829. The fourth-order valence-corrected chi connectivity index (χ4v) is 1.85. The maximum Gasteiger partial charge on any atom is 0.248 e. The number of anilines is 1. The lowest BCUT2D eigenvalue weighted by Crippen LogP contribution is -2.23. The molecule has 5 heteroatoms. The Bertz CT molecular complexity index is 551. The van der Waals surface area contributed by atoms with Gasteiger partial charge in [-0.05, 0) is 43.7 Å². The van der Waals surface area contributed by atoms with Gasteiger partial charge in [0.15, 0.2) is 0 Å². The van der Waals surface area contributed by atoms with Crippen molar-refractivity contribution >= 4 is 27.5 Å². The predicted molar refractivity (Wildman–Crippen MR) is 74.4 cm³/mol. The van der Waals surface area contributed by atoms with Crippen LogP contribution in [-0.4, -0.2) is 15.7 Å². The molecule has 1 amide bonds. The summed E-state index contributed by atoms with van der Waals surface area (Å²) in [5.74, 6) is -0.0829. The molecule has 1 heterocycles. The van der Waals surface area contributed by atoms with Gasteiger partial charge in [-0.15, -0.1) is 0 Å². The predicted octanol–water partition coefficient (Wildman–Crippen LogP) is 3.15. The fourth-order valence-electron chi connectivity index (χ4n) is 1.60. The summed E-state index contributed by atoms with van der Waals surface area (Å²) in [7, 11) is 0. The number of aromatic nitrogens is 2. The molecule has 0 bridgehead atoms. The Morgan fingerprint density at radius 3 is 2.89 bits per heavy atom. The lowest BCUT2D eigenvalue weighted by molar-refractivity contribution is -0.119. The summed E-state index contributed by atoms with van der Waals surface area (Å²) in [4.78, 5) is 12.0. The van der Waals surface area contributed by atoms with Gasteiger partial charge in [0.2, 0.25) is 5.91 Å². The zero-order valence-corrected chi connectivity index (χ0v) is 11.8. The summed E-state index contributed by atoms with van der Waals surface area (Å²) in [6.07, 6.45) is 3.44. The van der Waals surface area contributed by atoms with E-state index in [0.717, 1.165) is 15.7 Å². The van der Waals surface area contributed by atoms with Crippen molar-refractivity contribution in [3.8, 4) is 0 Å². The van der Waals surface area contributed by atoms with E-state index >= 15 is 0 Å². The number of nitrogens with one attached hydrogen (secondary N) is 1. The Balaban J connectivity index is 2.09. The first-order valence-electron chi connectivity index (χ1n) is 5.64. The smallest absolute Gasteiger partial charge is 0.248 e. The Labute approximate surface area is 114 Å². The van der Waals surface area contributed by atoms with Crippen LogP contribution >= 0.6 is 15.9 Å². The lowest BCUT2D eigenvalue weighted by Gasteiger charge is -2.13. The number of halogens is 1. The van der Waals surface area contributed by atoms with E-state index in [1.54, 1.807) is 23.1 Å². The van der Waals surface area contributed by atoms with Crippen molar-refractivity contribution in [3.05, 3.63) is 46.7 Å². The highest BCUT2D eigenvalue weighted by Crippen LogP contribution is 2.20. The maximum atomic E-state index is 12.0. The van der Waals surface area contributed by atoms with Crippen molar-refractivity contribution in [1.29, 1.82) is 0 Å². The van der Waals surface area contributed by atoms with Crippen molar-refractivity contribution in [2.24, 2.45) is 0 Å². The number of nitrogens with zero attached hydrogens (tertiary/aromatic N) is 2. The van der Waals surface area contributed by atoms with Gasteiger partial charge in [-0.1, -0.05) is 15.9 Å². The molecule has 0 fully saturated rings. The van der Waals surface area contributed by atoms with E-state index < -0.39 is 0 Å². The molecule has 0 radical (unpaired) electrons. The standard InChI is InChI=1S/C13H14BrN3O/c1-9-8-11(4-5-12(9)14)16-13(18)10(2)17-7-3-6-15-17/h3-8,10H,1-2H3,(H,16,18)/t10-/m0/s1. The number of aryl methyl sites for hydroxylation is 1. The molecule has 4 nitrogen and oxygen atoms in total. The second-order valence-electron chi connectivity index (χ2n) is 4.12. The Hall–Kier alpha value is -1.62. The summed E-state index contributed by atoms with van der Waals surface area (Å²) in [6, 6.07) is 7.18. The summed E-state index contributed by atoms with van der Waals surface area (Å²) >= 11 is 3.43. The molecule has 1 aromatic carbocycles. The number of carbonyl (C=O) groups excluding carboxylic acids is 1. The van der Waals surface area contributed by atoms with E-state index in [9.17, 15) is 4.79 Å². The minimum Gasteiger partial charge on any atom is -0.324 e. The van der Waals surface area contributed by atoms with Crippen LogP contribution in [0.15, 0.2) is 41.1 Å². The van der Waals surface area contributed by atoms with Gasteiger partial charge in [-0.2, -0.15) is 5.10 Å². The van der Waals surface area contributed by atoms with Crippen LogP contribution < -0.4 is 5.32 Å². The first kappa shape index (κ1) is 12.8. The number of carbonyl (C=O) groups is 1. The van der Waals surface area contributed by atoms with Crippen molar-refractivity contribution in [2.75, 3.05) is 5.32 Å². The molecule has 1 aromatic heterocycles. The molecule has 1 atom stereocenters. The van der Waals surface area contributed by atoms with Crippen molar-refractivity contribution in [1.82, 2.24) is 9.78 Å². The number of hydrogen-bond donors (Lipinski definition) is 1. The molecular weight excluding hydrogens is 294 g/mol. The van der Waals surface area contributed by atoms with Gasteiger partial charge in [0, 0.05) is 22.6 Å². The van der Waals surface area contributed by atoms with E-state index in [1.807, 2.05) is 32.0 Å². The molecule has 0 spiro atoms. The SMILES string of the molecule is Cc1cc(NC(=O)[C@H](C)n2cccn2)ccc1Br. The molecule has 0 saturated carbocycles. The van der Waals surface area contributed by atoms with Crippen LogP contribution in [0.2, 0.25) is 0 Å². The first-order valence-corrected chi connectivity index (χ1v) is 6.43. The third-order valence-corrected chi connectivity index (χ3v) is 3.62. The van der Waals surface area contributed by atoms with Crippen LogP contribution in [0.4, 0.5) is 5.69 Å². The number of rotatable bonds is 3. The third-order valence-electron chi connectivity index (χ3n) is 2.73. The molecule has 0 aliphatic carbocycles. The fraction of sp³-hybridized carbons (Fsp3) is 0.231. The van der Waals surface area contributed by atoms with E-state index in [4.69, 9.17) is 0 Å². The van der Waals surface area contributed by atoms with Gasteiger partial charge < -0.3 is 5.32 Å². The summed E-state index contributed by atoms with van der Waals surface area (Å²) in [5, 5.41) is 6.94. The summed E-state index contributed by atoms with van der Waals surface area (Å²) in [5.41, 5.74) is 1.87. The first-order chi connectivity index (χ1) is 8.58. The second-order valence-corrected chi connectivity index (χ2v) is 4.97. The number of benzene rings is 1. The van der Waals surface area contributed by atoms with Gasteiger partial charge >= 0.3 is 0 Å². The van der Waals surface area contributed by atoms with Gasteiger partial charge in [0.1, 0.15) is 6.04 Å². The molecule has 0 aliphatic rings. The van der Waals surface area contributed by atoms with E-state index in [-0.39, 0.29) is 11.9 Å². The zero-order chi connectivity index (χ0) is 13.1. The normalized spacial score (nSPS) is 12.2. The van der Waals surface area contributed by atoms with Crippen LogP contribution in [0.5, 0.6) is 0 Å². The van der Waals surface area contributed by atoms with Crippen molar-refractivity contribution in [3.63, 3.8) is 0 Å². The van der Waals surface area contributed by atoms with Gasteiger partial charge in [0.25, 0.3) is 0 Å². The van der Waals surface area contributed by atoms with Gasteiger partial charge in [-0.25, -0.2) is 0 Å². The van der Waals surface area contributed by atoms with Crippen LogP contribution in [-0.2, 0) is 4.79 Å². The average Bonchev–Trinajstić information content (AvgIpc) is 2.86. The average molecular weight is 308 g/mol. The molecule has 0 saturated heterocycles. The van der Waals surface area contributed by atoms with Crippen LogP contribution in [0, 0.1) is 6.92 Å². The van der Waals surface area contributed by atoms with Crippen LogP contribution in [0.1, 0.15) is 18.5 Å². The van der Waals surface area contributed by atoms with Crippen molar-refractivity contribution < 1.29 is 4.79 Å². The van der Waals surface area contributed by atoms with Crippen LogP contribution in [0.25, 0.3) is 0 Å². The highest BCUT2D eigenvalue weighted by molar-refractivity contribution is 9.10. The highest BCUT2D eigenvalue weighted by Gasteiger charge is 2.15. The molecule has 94 valence electrons. The molecule has 2 rings (SSSR count). The van der Waals surface area contributed by atoms with E-state index in [0.29, 0.717) is 0 Å². The largest absolute Gasteiger partial charge is 0.324 e. The Morgan fingerprint density at radius 1 is 1.50 bits per heavy atom. The quantitative estimate of drug-likeness (QED) is 0.947. The highest BCUT2D eigenvalue weighted by atomic mass is 79.9. The molecule has 0 unspecified atom stereocenters. The molecule has 0 aliphatic heterocycles. The third kappa shape index (κ3) is 2.79. The lowest BCUT2D eigenvalue weighted by atomic mass is 10.2.